The Balaban J connectivity index is 1.47. The van der Waals surface area contributed by atoms with E-state index in [2.05, 4.69) is 131 Å². The van der Waals surface area contributed by atoms with Crippen molar-refractivity contribution in [1.82, 2.24) is 0 Å². The Morgan fingerprint density at radius 3 is 1.03 bits per heavy atom. The third kappa shape index (κ3) is 22.5. The monoisotopic (exact) mass is 1070 g/mol. The summed E-state index contributed by atoms with van der Waals surface area (Å²) in [7, 11) is 0. The van der Waals surface area contributed by atoms with Gasteiger partial charge in [0, 0.05) is 0 Å². The molecule has 4 aromatic rings. The average Bonchev–Trinajstić information content (AvgIpc) is 4.12. The van der Waals surface area contributed by atoms with E-state index in [4.69, 9.17) is 0 Å². The summed E-state index contributed by atoms with van der Waals surface area (Å²) in [5.74, 6) is 1.65. The Morgan fingerprint density at radius 1 is 0.369 bits per heavy atom. The number of aryl methyl sites for hydroxylation is 1. The molecule has 2 unspecified atom stereocenters. The van der Waals surface area contributed by atoms with Crippen LogP contribution in [0.25, 0.3) is 29.3 Å². The fourth-order valence-corrected chi connectivity index (χ4v) is 20.1. The molecule has 0 bridgehead atoms. The molecule has 0 saturated heterocycles. The van der Waals surface area contributed by atoms with E-state index in [1.807, 2.05) is 0 Å². The SMILES string of the molecule is CCCCCCCCCCC(CCCCCCCC)Cc1cc(C)sc1-c1ccc(-c2ccc(-c3s[c]([Sn]([CH3])([CH3])[CH3])cc3CC(CCCCCCCC)CCCCCCCCCC)s2)s1. The van der Waals surface area contributed by atoms with Crippen LogP contribution in [0.2, 0.25) is 14.8 Å². The predicted octanol–water partition coefficient (Wildman–Crippen LogP) is 22.7. The third-order valence-electron chi connectivity index (χ3n) is 14.3. The Hall–Kier alpha value is -0.401. The van der Waals surface area contributed by atoms with Gasteiger partial charge in [-0.1, -0.05) is 143 Å². The molecule has 0 N–H and O–H groups in total. The molecule has 0 aliphatic rings. The van der Waals surface area contributed by atoms with Crippen molar-refractivity contribution >= 4 is 66.6 Å². The maximum atomic E-state index is 2.73. The van der Waals surface area contributed by atoms with Gasteiger partial charge in [0.25, 0.3) is 0 Å². The molecule has 0 aromatic carbocycles. The molecule has 2 atom stereocenters. The molecule has 0 aliphatic heterocycles. The standard InChI is InChI=1S/C57H91S4.3CH3.Sn/c1-6-10-14-18-22-24-28-32-35-48(34-30-26-20-16-12-8-3)45-50-42-43-58-56(50)54-40-38-52(60-54)53-39-41-55(61-53)57-51(44-47(5)59-57)46-49(36-31-27-21-17-13-9-4)37-33-29-25-23-19-15-11-7-2;;;;/h38-42,44,48-49H,6-37,45-46H2,1-5H3;3*1H3;. The second kappa shape index (κ2) is 34.0. The minimum atomic E-state index is -2.26. The summed E-state index contributed by atoms with van der Waals surface area (Å²) in [6.07, 6.45) is 47.9. The van der Waals surface area contributed by atoms with Crippen LogP contribution in [0, 0.1) is 18.8 Å². The Labute approximate surface area is 424 Å². The molecule has 0 spiro atoms. The number of thiophene rings is 4. The van der Waals surface area contributed by atoms with Crippen LogP contribution in [0.4, 0.5) is 0 Å². The predicted molar refractivity (Wildman–Crippen MR) is 307 cm³/mol. The van der Waals surface area contributed by atoms with E-state index in [-0.39, 0.29) is 0 Å². The molecule has 0 aliphatic carbocycles. The van der Waals surface area contributed by atoms with Crippen molar-refractivity contribution in [2.45, 2.75) is 268 Å². The van der Waals surface area contributed by atoms with Crippen LogP contribution in [-0.4, -0.2) is 18.4 Å². The molecule has 4 aromatic heterocycles. The molecule has 0 saturated carbocycles. The van der Waals surface area contributed by atoms with E-state index >= 15 is 0 Å². The van der Waals surface area contributed by atoms with Crippen LogP contribution in [0.1, 0.15) is 249 Å². The Morgan fingerprint density at radius 2 is 0.677 bits per heavy atom. The van der Waals surface area contributed by atoms with Gasteiger partial charge in [0.1, 0.15) is 0 Å². The van der Waals surface area contributed by atoms with Gasteiger partial charge in [-0.15, -0.1) is 0 Å². The Bertz CT molecular complexity index is 1760. The molecular weight excluding hydrogens is 968 g/mol. The van der Waals surface area contributed by atoms with Gasteiger partial charge in [-0.2, -0.15) is 0 Å². The van der Waals surface area contributed by atoms with E-state index in [1.54, 1.807) is 23.8 Å². The normalized spacial score (nSPS) is 13.0. The van der Waals surface area contributed by atoms with Gasteiger partial charge in [0.15, 0.2) is 0 Å². The van der Waals surface area contributed by atoms with Gasteiger partial charge in [0.05, 0.1) is 0 Å². The first kappa shape index (κ1) is 57.2. The summed E-state index contributed by atoms with van der Waals surface area (Å²) in [5, 5.41) is 0. The van der Waals surface area contributed by atoms with Crippen molar-refractivity contribution in [1.29, 1.82) is 0 Å². The van der Waals surface area contributed by atoms with Crippen molar-refractivity contribution < 1.29 is 0 Å². The molecule has 65 heavy (non-hydrogen) atoms. The molecule has 0 nitrogen and oxygen atoms in total. The van der Waals surface area contributed by atoms with Gasteiger partial charge in [-0.25, -0.2) is 0 Å². The molecule has 0 fully saturated rings. The average molecular weight is 1070 g/mol. The summed E-state index contributed by atoms with van der Waals surface area (Å²) < 4.78 is 1.76. The van der Waals surface area contributed by atoms with E-state index in [0.29, 0.717) is 0 Å². The molecule has 4 heterocycles. The van der Waals surface area contributed by atoms with Crippen molar-refractivity contribution in [3.63, 3.8) is 0 Å². The molecular formula is C60H100S4Sn. The van der Waals surface area contributed by atoms with Crippen LogP contribution in [0.15, 0.2) is 36.4 Å². The van der Waals surface area contributed by atoms with Gasteiger partial charge < -0.3 is 0 Å². The zero-order valence-corrected chi connectivity index (χ0v) is 49.9. The first-order valence-corrected chi connectivity index (χ1v) is 41.3. The van der Waals surface area contributed by atoms with E-state index < -0.39 is 18.4 Å². The second-order valence-corrected chi connectivity index (χ2v) is 41.4. The van der Waals surface area contributed by atoms with Crippen LogP contribution in [0.3, 0.4) is 0 Å². The zero-order valence-electron chi connectivity index (χ0n) is 43.8. The van der Waals surface area contributed by atoms with Gasteiger partial charge in [-0.3, -0.25) is 0 Å². The van der Waals surface area contributed by atoms with Crippen molar-refractivity contribution in [3.05, 3.63) is 52.4 Å². The van der Waals surface area contributed by atoms with E-state index in [9.17, 15) is 0 Å². The van der Waals surface area contributed by atoms with Crippen molar-refractivity contribution in [2.75, 3.05) is 0 Å². The summed E-state index contributed by atoms with van der Waals surface area (Å²) in [6, 6.07) is 15.2. The number of unbranched alkanes of at least 4 members (excludes halogenated alkanes) is 24. The number of hydrogen-bond donors (Lipinski definition) is 0. The minimum absolute atomic E-state index is 0.821. The first-order chi connectivity index (χ1) is 31.7. The van der Waals surface area contributed by atoms with Crippen LogP contribution < -0.4 is 2.89 Å². The molecule has 368 valence electrons. The quantitative estimate of drug-likeness (QED) is 0.0308. The topological polar surface area (TPSA) is 0 Å². The summed E-state index contributed by atoms with van der Waals surface area (Å²) in [4.78, 5) is 18.5. The second-order valence-electron chi connectivity index (χ2n) is 21.5. The first-order valence-electron chi connectivity index (χ1n) is 28.1. The summed E-state index contributed by atoms with van der Waals surface area (Å²) >= 11 is 6.12. The van der Waals surface area contributed by atoms with E-state index in [1.165, 1.54) is 243 Å². The fourth-order valence-electron chi connectivity index (χ4n) is 10.1. The van der Waals surface area contributed by atoms with Crippen molar-refractivity contribution in [2.24, 2.45) is 11.8 Å². The number of hydrogen-bond acceptors (Lipinski definition) is 4. The fraction of sp³-hybridized carbons (Fsp3) is 0.733. The van der Waals surface area contributed by atoms with Crippen LogP contribution in [-0.2, 0) is 12.8 Å². The van der Waals surface area contributed by atoms with Crippen LogP contribution >= 0.6 is 45.3 Å². The summed E-state index contributed by atoms with van der Waals surface area (Å²) in [5.41, 5.74) is 3.32. The summed E-state index contributed by atoms with van der Waals surface area (Å²) in [6.45, 7) is 11.7. The molecule has 4 rings (SSSR count). The van der Waals surface area contributed by atoms with Gasteiger partial charge in [0.2, 0.25) is 0 Å². The third-order valence-corrected chi connectivity index (χ3v) is 28.7. The van der Waals surface area contributed by atoms with Crippen LogP contribution in [0.5, 0.6) is 0 Å². The van der Waals surface area contributed by atoms with E-state index in [0.717, 1.165) is 11.8 Å². The molecule has 0 radical (unpaired) electrons. The number of rotatable bonds is 40. The van der Waals surface area contributed by atoms with Gasteiger partial charge in [-0.05, 0) is 12.8 Å². The van der Waals surface area contributed by atoms with Gasteiger partial charge >= 0.3 is 272 Å². The molecule has 0 amide bonds. The maximum absolute atomic E-state index is 2.73. The van der Waals surface area contributed by atoms with Crippen molar-refractivity contribution in [3.8, 4) is 29.3 Å². The zero-order chi connectivity index (χ0) is 46.5. The molecule has 5 heteroatoms. The Kier molecular flexibility index (Phi) is 29.9.